The number of rotatable bonds is 8. The Morgan fingerprint density at radius 2 is 1.45 bits per heavy atom. The molecule has 0 bridgehead atoms. The molecule has 1 saturated heterocycles. The summed E-state index contributed by atoms with van der Waals surface area (Å²) in [6.45, 7) is 20.3. The van der Waals surface area contributed by atoms with E-state index in [0.29, 0.717) is 11.5 Å². The molecule has 1 aliphatic rings. The van der Waals surface area contributed by atoms with Gasteiger partial charge in [-0.05, 0) is 44.3 Å². The second-order valence-corrected chi connectivity index (χ2v) is 7.34. The second-order valence-electron chi connectivity index (χ2n) is 7.34. The summed E-state index contributed by atoms with van der Waals surface area (Å²) in [7, 11) is 0. The third kappa shape index (κ3) is 6.55. The largest absolute Gasteiger partial charge is 0.313 e. The van der Waals surface area contributed by atoms with Crippen LogP contribution in [0.4, 0.5) is 0 Å². The molecule has 1 unspecified atom stereocenters. The van der Waals surface area contributed by atoms with Crippen LogP contribution in [0.5, 0.6) is 0 Å². The van der Waals surface area contributed by atoms with Gasteiger partial charge in [0.05, 0.1) is 0 Å². The Bertz CT molecular complexity index is 239. The highest BCUT2D eigenvalue weighted by Gasteiger charge is 2.25. The molecule has 0 amide bonds. The van der Waals surface area contributed by atoms with Gasteiger partial charge < -0.3 is 15.1 Å². The highest BCUT2D eigenvalue weighted by Crippen LogP contribution is 2.22. The first-order chi connectivity index (χ1) is 9.47. The van der Waals surface area contributed by atoms with E-state index in [1.54, 1.807) is 0 Å². The standard InChI is InChI=1S/C17H37N3/c1-6-9-18-16(17(3,4)5)8-11-20-14-12-19(10-7-2)13-15-20/h16,18H,6-15H2,1-5H3. The summed E-state index contributed by atoms with van der Waals surface area (Å²) < 4.78 is 0. The molecule has 0 saturated carbocycles. The first-order valence-corrected chi connectivity index (χ1v) is 8.65. The summed E-state index contributed by atoms with van der Waals surface area (Å²) in [5, 5.41) is 3.74. The van der Waals surface area contributed by atoms with Gasteiger partial charge in [0.15, 0.2) is 0 Å². The minimum absolute atomic E-state index is 0.360. The van der Waals surface area contributed by atoms with Crippen LogP contribution in [0.1, 0.15) is 53.9 Å². The van der Waals surface area contributed by atoms with Crippen LogP contribution in [0.25, 0.3) is 0 Å². The number of hydrogen-bond donors (Lipinski definition) is 1. The first kappa shape index (κ1) is 17.9. The van der Waals surface area contributed by atoms with Crippen molar-refractivity contribution in [3.63, 3.8) is 0 Å². The van der Waals surface area contributed by atoms with Gasteiger partial charge >= 0.3 is 0 Å². The zero-order valence-corrected chi connectivity index (χ0v) is 14.5. The van der Waals surface area contributed by atoms with Crippen molar-refractivity contribution in [1.82, 2.24) is 15.1 Å². The summed E-state index contributed by atoms with van der Waals surface area (Å²) >= 11 is 0. The number of nitrogens with one attached hydrogen (secondary N) is 1. The minimum Gasteiger partial charge on any atom is -0.313 e. The van der Waals surface area contributed by atoms with E-state index in [9.17, 15) is 0 Å². The normalized spacial score (nSPS) is 20.2. The van der Waals surface area contributed by atoms with Gasteiger partial charge in [-0.1, -0.05) is 34.6 Å². The van der Waals surface area contributed by atoms with E-state index in [4.69, 9.17) is 0 Å². The van der Waals surface area contributed by atoms with Crippen molar-refractivity contribution in [2.24, 2.45) is 5.41 Å². The van der Waals surface area contributed by atoms with Crippen LogP contribution in [-0.2, 0) is 0 Å². The molecule has 0 aliphatic carbocycles. The van der Waals surface area contributed by atoms with Crippen LogP contribution in [0.15, 0.2) is 0 Å². The molecule has 0 aromatic carbocycles. The Morgan fingerprint density at radius 1 is 0.900 bits per heavy atom. The van der Waals surface area contributed by atoms with Crippen LogP contribution >= 0.6 is 0 Å². The average molecular weight is 284 g/mol. The van der Waals surface area contributed by atoms with Crippen LogP contribution in [0.3, 0.4) is 0 Å². The molecule has 120 valence electrons. The van der Waals surface area contributed by atoms with Crippen LogP contribution in [-0.4, -0.2) is 61.7 Å². The molecule has 3 nitrogen and oxygen atoms in total. The Kier molecular flexibility index (Phi) is 8.08. The summed E-state index contributed by atoms with van der Waals surface area (Å²) in [6, 6.07) is 0.635. The predicted octanol–water partition coefficient (Wildman–Crippen LogP) is 2.82. The smallest absolute Gasteiger partial charge is 0.0128 e. The van der Waals surface area contributed by atoms with Crippen molar-refractivity contribution >= 4 is 0 Å². The van der Waals surface area contributed by atoms with Gasteiger partial charge in [0, 0.05) is 32.2 Å². The molecule has 1 heterocycles. The molecule has 1 fully saturated rings. The zero-order valence-electron chi connectivity index (χ0n) is 14.5. The van der Waals surface area contributed by atoms with Crippen molar-refractivity contribution < 1.29 is 0 Å². The van der Waals surface area contributed by atoms with Gasteiger partial charge in [0.1, 0.15) is 0 Å². The van der Waals surface area contributed by atoms with E-state index in [-0.39, 0.29) is 0 Å². The molecule has 1 atom stereocenters. The summed E-state index contributed by atoms with van der Waals surface area (Å²) in [5.74, 6) is 0. The summed E-state index contributed by atoms with van der Waals surface area (Å²) in [6.07, 6.45) is 3.78. The van der Waals surface area contributed by atoms with Gasteiger partial charge in [0.2, 0.25) is 0 Å². The fourth-order valence-electron chi connectivity index (χ4n) is 3.02. The number of piperazine rings is 1. The molecule has 20 heavy (non-hydrogen) atoms. The first-order valence-electron chi connectivity index (χ1n) is 8.65. The summed E-state index contributed by atoms with van der Waals surface area (Å²) in [5.41, 5.74) is 0.360. The lowest BCUT2D eigenvalue weighted by molar-refractivity contribution is 0.120. The Balaban J connectivity index is 2.30. The topological polar surface area (TPSA) is 18.5 Å². The van der Waals surface area contributed by atoms with E-state index in [2.05, 4.69) is 49.7 Å². The average Bonchev–Trinajstić information content (AvgIpc) is 2.39. The Morgan fingerprint density at radius 3 is 1.90 bits per heavy atom. The van der Waals surface area contributed by atoms with Crippen LogP contribution in [0, 0.1) is 5.41 Å². The SMILES string of the molecule is CCCNC(CCN1CCN(CCC)CC1)C(C)(C)C. The molecule has 1 N–H and O–H groups in total. The molecule has 1 rings (SSSR count). The zero-order chi connectivity index (χ0) is 15.0. The van der Waals surface area contributed by atoms with Crippen LogP contribution in [0.2, 0.25) is 0 Å². The van der Waals surface area contributed by atoms with Crippen molar-refractivity contribution in [3.8, 4) is 0 Å². The van der Waals surface area contributed by atoms with E-state index in [0.717, 1.165) is 6.54 Å². The second kappa shape index (κ2) is 9.01. The highest BCUT2D eigenvalue weighted by molar-refractivity contribution is 4.82. The molecule has 1 aliphatic heterocycles. The molecule has 0 spiro atoms. The lowest BCUT2D eigenvalue weighted by Gasteiger charge is -2.37. The number of nitrogens with zero attached hydrogens (tertiary/aromatic N) is 2. The maximum atomic E-state index is 3.74. The third-order valence-corrected chi connectivity index (χ3v) is 4.42. The summed E-state index contributed by atoms with van der Waals surface area (Å²) in [4.78, 5) is 5.26. The maximum absolute atomic E-state index is 3.74. The predicted molar refractivity (Wildman–Crippen MR) is 89.3 cm³/mol. The van der Waals surface area contributed by atoms with Gasteiger partial charge in [-0.25, -0.2) is 0 Å². The highest BCUT2D eigenvalue weighted by atomic mass is 15.3. The Hall–Kier alpha value is -0.120. The quantitative estimate of drug-likeness (QED) is 0.739. The fourth-order valence-corrected chi connectivity index (χ4v) is 3.02. The molecular weight excluding hydrogens is 246 g/mol. The van der Waals surface area contributed by atoms with E-state index in [1.807, 2.05) is 0 Å². The van der Waals surface area contributed by atoms with Crippen molar-refractivity contribution in [2.45, 2.75) is 59.9 Å². The lowest BCUT2D eigenvalue weighted by atomic mass is 9.84. The molecule has 0 aromatic rings. The van der Waals surface area contributed by atoms with Gasteiger partial charge in [-0.3, -0.25) is 0 Å². The van der Waals surface area contributed by atoms with E-state index in [1.165, 1.54) is 58.5 Å². The lowest BCUT2D eigenvalue weighted by Crippen LogP contribution is -2.49. The monoisotopic (exact) mass is 283 g/mol. The molecule has 0 aromatic heterocycles. The van der Waals surface area contributed by atoms with Crippen molar-refractivity contribution in [2.75, 3.05) is 45.8 Å². The van der Waals surface area contributed by atoms with Gasteiger partial charge in [-0.15, -0.1) is 0 Å². The minimum atomic E-state index is 0.360. The number of hydrogen-bond acceptors (Lipinski definition) is 3. The molecule has 3 heteroatoms. The van der Waals surface area contributed by atoms with Gasteiger partial charge in [0.25, 0.3) is 0 Å². The van der Waals surface area contributed by atoms with Crippen LogP contribution < -0.4 is 5.32 Å². The van der Waals surface area contributed by atoms with E-state index >= 15 is 0 Å². The Labute approximate surface area is 127 Å². The van der Waals surface area contributed by atoms with E-state index < -0.39 is 0 Å². The molecular formula is C17H37N3. The third-order valence-electron chi connectivity index (χ3n) is 4.42. The van der Waals surface area contributed by atoms with Crippen molar-refractivity contribution in [1.29, 1.82) is 0 Å². The fraction of sp³-hybridized carbons (Fsp3) is 1.00. The van der Waals surface area contributed by atoms with Crippen molar-refractivity contribution in [3.05, 3.63) is 0 Å². The maximum Gasteiger partial charge on any atom is 0.0128 e. The van der Waals surface area contributed by atoms with Gasteiger partial charge in [-0.2, -0.15) is 0 Å². The molecule has 0 radical (unpaired) electrons.